The summed E-state index contributed by atoms with van der Waals surface area (Å²) >= 11 is 0. The fourth-order valence-corrected chi connectivity index (χ4v) is 2.26. The second-order valence-corrected chi connectivity index (χ2v) is 6.49. The highest BCUT2D eigenvalue weighted by molar-refractivity contribution is 7.85. The molecule has 4 N–H and O–H groups in total. The van der Waals surface area contributed by atoms with Crippen molar-refractivity contribution in [3.8, 4) is 0 Å². The molecular formula is C13H23NO7S. The van der Waals surface area contributed by atoms with E-state index in [-0.39, 0.29) is 12.2 Å². The van der Waals surface area contributed by atoms with Gasteiger partial charge in [0.2, 0.25) is 5.91 Å². The molecule has 0 aromatic heterocycles. The molecule has 0 aliphatic rings. The quantitative estimate of drug-likeness (QED) is 0.370. The molecule has 0 aromatic rings. The number of carbonyl (C=O) groups is 2. The predicted octanol–water partition coefficient (Wildman–Crippen LogP) is 0.355. The Morgan fingerprint density at radius 3 is 2.14 bits per heavy atom. The highest BCUT2D eigenvalue weighted by atomic mass is 32.2. The summed E-state index contributed by atoms with van der Waals surface area (Å²) in [7, 11) is -4.08. The number of carbonyl (C=O) groups excluding carboxylic acids is 1. The Labute approximate surface area is 130 Å². The van der Waals surface area contributed by atoms with Gasteiger partial charge in [0.15, 0.2) is 0 Å². The SMILES string of the molecule is C=C(CCCO)C(=O)O.C=CC(=O)NC(C)(C)CS(=O)(=O)O. The molecular weight excluding hydrogens is 314 g/mol. The Hall–Kier alpha value is -1.71. The minimum atomic E-state index is -4.08. The van der Waals surface area contributed by atoms with E-state index in [4.69, 9.17) is 14.8 Å². The molecule has 0 saturated heterocycles. The number of aliphatic carboxylic acids is 1. The van der Waals surface area contributed by atoms with Crippen molar-refractivity contribution >= 4 is 22.0 Å². The second-order valence-electron chi connectivity index (χ2n) is 5.04. The van der Waals surface area contributed by atoms with Gasteiger partial charge in [0, 0.05) is 12.2 Å². The third kappa shape index (κ3) is 14.7. The summed E-state index contributed by atoms with van der Waals surface area (Å²) in [5.41, 5.74) is -0.845. The number of hydrogen-bond acceptors (Lipinski definition) is 5. The first kappa shape index (κ1) is 22.6. The molecule has 0 unspecified atom stereocenters. The zero-order valence-electron chi connectivity index (χ0n) is 12.7. The third-order valence-corrected chi connectivity index (χ3v) is 3.22. The maximum Gasteiger partial charge on any atom is 0.330 e. The number of rotatable bonds is 8. The van der Waals surface area contributed by atoms with Crippen molar-refractivity contribution in [3.63, 3.8) is 0 Å². The minimum Gasteiger partial charge on any atom is -0.478 e. The Kier molecular flexibility index (Phi) is 10.4. The molecule has 0 bridgehead atoms. The predicted molar refractivity (Wildman–Crippen MR) is 81.9 cm³/mol. The van der Waals surface area contributed by atoms with Crippen molar-refractivity contribution in [2.75, 3.05) is 12.4 Å². The summed E-state index contributed by atoms with van der Waals surface area (Å²) < 4.78 is 29.5. The van der Waals surface area contributed by atoms with E-state index in [0.29, 0.717) is 12.8 Å². The third-order valence-electron chi connectivity index (χ3n) is 2.13. The molecule has 22 heavy (non-hydrogen) atoms. The molecule has 1 amide bonds. The van der Waals surface area contributed by atoms with E-state index in [1.165, 1.54) is 13.8 Å². The lowest BCUT2D eigenvalue weighted by Crippen LogP contribution is -2.47. The summed E-state index contributed by atoms with van der Waals surface area (Å²) in [4.78, 5) is 20.8. The normalized spacial score (nSPS) is 10.9. The van der Waals surface area contributed by atoms with Crippen molar-refractivity contribution in [2.24, 2.45) is 0 Å². The molecule has 0 saturated carbocycles. The van der Waals surface area contributed by atoms with Gasteiger partial charge in [-0.05, 0) is 32.8 Å². The Balaban J connectivity index is 0. The van der Waals surface area contributed by atoms with Gasteiger partial charge in [-0.3, -0.25) is 9.35 Å². The molecule has 0 aromatic carbocycles. The smallest absolute Gasteiger partial charge is 0.330 e. The lowest BCUT2D eigenvalue weighted by molar-refractivity contribution is -0.132. The van der Waals surface area contributed by atoms with E-state index in [2.05, 4.69) is 18.5 Å². The Morgan fingerprint density at radius 2 is 1.82 bits per heavy atom. The van der Waals surface area contributed by atoms with Gasteiger partial charge < -0.3 is 15.5 Å². The summed E-state index contributed by atoms with van der Waals surface area (Å²) in [5.74, 6) is -1.99. The summed E-state index contributed by atoms with van der Waals surface area (Å²) in [6, 6.07) is 0. The largest absolute Gasteiger partial charge is 0.478 e. The summed E-state index contributed by atoms with van der Waals surface area (Å²) in [6.07, 6.45) is 1.88. The van der Waals surface area contributed by atoms with Crippen LogP contribution in [0.15, 0.2) is 24.8 Å². The van der Waals surface area contributed by atoms with E-state index in [1.54, 1.807) is 0 Å². The first-order valence-corrected chi connectivity index (χ1v) is 7.87. The van der Waals surface area contributed by atoms with Crippen LogP contribution in [0.1, 0.15) is 26.7 Å². The van der Waals surface area contributed by atoms with Gasteiger partial charge >= 0.3 is 5.97 Å². The highest BCUT2D eigenvalue weighted by Gasteiger charge is 2.25. The van der Waals surface area contributed by atoms with E-state index >= 15 is 0 Å². The van der Waals surface area contributed by atoms with Crippen LogP contribution < -0.4 is 5.32 Å². The number of aliphatic hydroxyl groups is 1. The molecule has 0 aliphatic carbocycles. The van der Waals surface area contributed by atoms with Crippen LogP contribution >= 0.6 is 0 Å². The average Bonchev–Trinajstić information content (AvgIpc) is 2.32. The molecule has 8 nitrogen and oxygen atoms in total. The average molecular weight is 337 g/mol. The van der Waals surface area contributed by atoms with Crippen LogP contribution in [-0.2, 0) is 19.7 Å². The number of nitrogens with one attached hydrogen (secondary N) is 1. The molecule has 0 atom stereocenters. The zero-order valence-corrected chi connectivity index (χ0v) is 13.5. The minimum absolute atomic E-state index is 0.0201. The van der Waals surface area contributed by atoms with E-state index < -0.39 is 33.3 Å². The van der Waals surface area contributed by atoms with Crippen LogP contribution in [0.5, 0.6) is 0 Å². The van der Waals surface area contributed by atoms with Crippen LogP contribution in [0, 0.1) is 0 Å². The summed E-state index contributed by atoms with van der Waals surface area (Å²) in [6.45, 7) is 9.49. The van der Waals surface area contributed by atoms with Crippen LogP contribution in [-0.4, -0.2) is 53.0 Å². The highest BCUT2D eigenvalue weighted by Crippen LogP contribution is 2.05. The standard InChI is InChI=1S/C7H13NO4S.C6H10O3/c1-4-6(9)8-7(2,3)5-13(10,11)12;1-5(6(8)9)3-2-4-7/h4H,1,5H2,2-3H3,(H,8,9)(H,10,11,12);7H,1-4H2,(H,8,9). The van der Waals surface area contributed by atoms with Crippen molar-refractivity contribution in [3.05, 3.63) is 24.8 Å². The fraction of sp³-hybridized carbons (Fsp3) is 0.538. The molecule has 9 heteroatoms. The van der Waals surface area contributed by atoms with Gasteiger partial charge in [-0.25, -0.2) is 4.79 Å². The Morgan fingerprint density at radius 1 is 1.32 bits per heavy atom. The van der Waals surface area contributed by atoms with E-state index in [1.807, 2.05) is 0 Å². The number of hydrogen-bond donors (Lipinski definition) is 4. The molecule has 0 radical (unpaired) electrons. The van der Waals surface area contributed by atoms with Crippen LogP contribution in [0.2, 0.25) is 0 Å². The molecule has 0 spiro atoms. The van der Waals surface area contributed by atoms with Gasteiger partial charge in [0.25, 0.3) is 10.1 Å². The first-order valence-electron chi connectivity index (χ1n) is 6.26. The zero-order chi connectivity index (χ0) is 18.0. The van der Waals surface area contributed by atoms with Crippen molar-refractivity contribution in [1.29, 1.82) is 0 Å². The van der Waals surface area contributed by atoms with Crippen molar-refractivity contribution in [2.45, 2.75) is 32.2 Å². The maximum absolute atomic E-state index is 10.8. The number of aliphatic hydroxyl groups excluding tert-OH is 1. The molecule has 0 fully saturated rings. The number of carboxylic acids is 1. The van der Waals surface area contributed by atoms with Gasteiger partial charge in [-0.2, -0.15) is 8.42 Å². The van der Waals surface area contributed by atoms with Gasteiger partial charge in [-0.1, -0.05) is 13.2 Å². The van der Waals surface area contributed by atoms with Crippen molar-refractivity contribution in [1.82, 2.24) is 5.32 Å². The van der Waals surface area contributed by atoms with Crippen LogP contribution in [0.25, 0.3) is 0 Å². The van der Waals surface area contributed by atoms with Gasteiger partial charge in [0.1, 0.15) is 0 Å². The fourth-order valence-electron chi connectivity index (χ4n) is 1.28. The van der Waals surface area contributed by atoms with Gasteiger partial charge in [-0.15, -0.1) is 0 Å². The monoisotopic (exact) mass is 337 g/mol. The molecule has 0 aliphatic heterocycles. The topological polar surface area (TPSA) is 141 Å². The molecule has 0 heterocycles. The molecule has 0 rings (SSSR count). The molecule has 128 valence electrons. The lowest BCUT2D eigenvalue weighted by atomic mass is 10.1. The van der Waals surface area contributed by atoms with Gasteiger partial charge in [0.05, 0.1) is 11.3 Å². The number of amides is 1. The first-order chi connectivity index (χ1) is 9.84. The van der Waals surface area contributed by atoms with E-state index in [9.17, 15) is 18.0 Å². The van der Waals surface area contributed by atoms with Crippen LogP contribution in [0.3, 0.4) is 0 Å². The summed E-state index contributed by atoms with van der Waals surface area (Å²) in [5, 5.41) is 18.9. The van der Waals surface area contributed by atoms with Crippen molar-refractivity contribution < 1.29 is 32.8 Å². The maximum atomic E-state index is 10.8. The van der Waals surface area contributed by atoms with E-state index in [0.717, 1.165) is 6.08 Å². The Bertz CT molecular complexity index is 508. The van der Waals surface area contributed by atoms with Crippen LogP contribution in [0.4, 0.5) is 0 Å². The lowest BCUT2D eigenvalue weighted by Gasteiger charge is -2.23. The second kappa shape index (κ2) is 10.1. The number of carboxylic acid groups (broad SMARTS) is 1.